The van der Waals surface area contributed by atoms with E-state index in [1.54, 1.807) is 24.3 Å². The van der Waals surface area contributed by atoms with E-state index in [4.69, 9.17) is 9.84 Å². The van der Waals surface area contributed by atoms with Crippen molar-refractivity contribution in [2.75, 3.05) is 5.32 Å². The third-order valence-corrected chi connectivity index (χ3v) is 6.20. The van der Waals surface area contributed by atoms with Crippen LogP contribution in [0.1, 0.15) is 34.0 Å². The second kappa shape index (κ2) is 10.3. The average molecular weight is 461 g/mol. The first kappa shape index (κ1) is 22.5. The standard InChI is InChI=1S/C26H24N2O4S/c1-2-17-5-11-21(12-6-17)27-26-28-24(29)23(33-26)15-18-7-13-22(14-8-18)32-16-19-3-9-20(10-4-19)25(30)31/h3-15,26-27H,2,16H2,1H3,(H,28,29)(H,30,31)/b23-15-/t26-/m1/s1. The van der Waals surface area contributed by atoms with Gasteiger partial charge in [-0.1, -0.05) is 55.1 Å². The Bertz CT molecular complexity index is 1160. The number of ether oxygens (including phenoxy) is 1. The maximum absolute atomic E-state index is 12.4. The van der Waals surface area contributed by atoms with Crippen LogP contribution in [0.2, 0.25) is 0 Å². The van der Waals surface area contributed by atoms with E-state index in [1.807, 2.05) is 42.5 Å². The lowest BCUT2D eigenvalue weighted by atomic mass is 10.1. The summed E-state index contributed by atoms with van der Waals surface area (Å²) in [6, 6.07) is 22.3. The van der Waals surface area contributed by atoms with E-state index in [1.165, 1.54) is 17.3 Å². The molecule has 0 bridgehead atoms. The van der Waals surface area contributed by atoms with Crippen molar-refractivity contribution in [1.29, 1.82) is 0 Å². The lowest BCUT2D eigenvalue weighted by molar-refractivity contribution is -0.116. The van der Waals surface area contributed by atoms with Crippen molar-refractivity contribution in [1.82, 2.24) is 5.32 Å². The number of carbonyl (C=O) groups excluding carboxylic acids is 1. The Kier molecular flexibility index (Phi) is 7.00. The summed E-state index contributed by atoms with van der Waals surface area (Å²) in [4.78, 5) is 23.9. The van der Waals surface area contributed by atoms with Crippen LogP contribution in [0.25, 0.3) is 6.08 Å². The van der Waals surface area contributed by atoms with Gasteiger partial charge in [0, 0.05) is 5.69 Å². The van der Waals surface area contributed by atoms with Gasteiger partial charge in [0.2, 0.25) is 0 Å². The van der Waals surface area contributed by atoms with Gasteiger partial charge < -0.3 is 20.5 Å². The van der Waals surface area contributed by atoms with Crippen molar-refractivity contribution in [2.24, 2.45) is 0 Å². The van der Waals surface area contributed by atoms with Crippen molar-refractivity contribution >= 4 is 35.4 Å². The highest BCUT2D eigenvalue weighted by Crippen LogP contribution is 2.30. The molecule has 4 rings (SSSR count). The van der Waals surface area contributed by atoms with Crippen LogP contribution in [0, 0.1) is 0 Å². The van der Waals surface area contributed by atoms with Gasteiger partial charge in [-0.15, -0.1) is 0 Å². The second-order valence-electron chi connectivity index (χ2n) is 7.53. The van der Waals surface area contributed by atoms with Gasteiger partial charge in [-0.05, 0) is 65.6 Å². The van der Waals surface area contributed by atoms with Crippen molar-refractivity contribution in [2.45, 2.75) is 25.4 Å². The molecule has 33 heavy (non-hydrogen) atoms. The summed E-state index contributed by atoms with van der Waals surface area (Å²) in [6.45, 7) is 2.46. The van der Waals surface area contributed by atoms with Crippen LogP contribution in [0.4, 0.5) is 5.69 Å². The first-order valence-corrected chi connectivity index (χ1v) is 11.5. The van der Waals surface area contributed by atoms with Crippen LogP contribution >= 0.6 is 11.8 Å². The fraction of sp³-hybridized carbons (Fsp3) is 0.154. The monoisotopic (exact) mass is 460 g/mol. The number of hydrogen-bond acceptors (Lipinski definition) is 5. The predicted molar refractivity (Wildman–Crippen MR) is 131 cm³/mol. The highest BCUT2D eigenvalue weighted by molar-refractivity contribution is 8.05. The molecule has 3 aromatic carbocycles. The number of carbonyl (C=O) groups is 2. The Morgan fingerprint density at radius 1 is 1.03 bits per heavy atom. The summed E-state index contributed by atoms with van der Waals surface area (Å²) in [6.07, 6.45) is 2.85. The molecule has 1 heterocycles. The molecule has 0 radical (unpaired) electrons. The Morgan fingerprint density at radius 2 is 1.70 bits per heavy atom. The Labute approximate surface area is 196 Å². The Hall–Kier alpha value is -3.71. The van der Waals surface area contributed by atoms with E-state index in [0.29, 0.717) is 17.3 Å². The molecule has 0 saturated carbocycles. The van der Waals surface area contributed by atoms with Gasteiger partial charge in [-0.25, -0.2) is 4.79 Å². The number of rotatable bonds is 8. The number of aromatic carboxylic acids is 1. The summed E-state index contributed by atoms with van der Waals surface area (Å²) in [5.74, 6) is -0.361. The predicted octanol–water partition coefficient (Wildman–Crippen LogP) is 5.13. The van der Waals surface area contributed by atoms with Gasteiger partial charge in [0.15, 0.2) is 5.50 Å². The molecule has 7 heteroatoms. The van der Waals surface area contributed by atoms with E-state index in [-0.39, 0.29) is 17.0 Å². The van der Waals surface area contributed by atoms with Crippen molar-refractivity contribution < 1.29 is 19.4 Å². The molecule has 0 aromatic heterocycles. The van der Waals surface area contributed by atoms with Crippen molar-refractivity contribution in [3.05, 3.63) is 100.0 Å². The lowest BCUT2D eigenvalue weighted by Crippen LogP contribution is -2.30. The minimum atomic E-state index is -0.950. The Balaban J connectivity index is 1.32. The van der Waals surface area contributed by atoms with Gasteiger partial charge in [0.05, 0.1) is 10.5 Å². The molecule has 1 saturated heterocycles. The number of nitrogens with one attached hydrogen (secondary N) is 2. The SMILES string of the molecule is CCc1ccc(N[C@@H]2NC(=O)/C(=C/c3ccc(OCc4ccc(C(=O)O)cc4)cc3)S2)cc1. The van der Waals surface area contributed by atoms with Crippen molar-refractivity contribution in [3.63, 3.8) is 0 Å². The molecular weight excluding hydrogens is 436 g/mol. The van der Waals surface area contributed by atoms with Crippen LogP contribution < -0.4 is 15.4 Å². The summed E-state index contributed by atoms with van der Waals surface area (Å²) in [5, 5.41) is 15.2. The second-order valence-corrected chi connectivity index (χ2v) is 8.68. The zero-order chi connectivity index (χ0) is 23.2. The summed E-state index contributed by atoms with van der Waals surface area (Å²) < 4.78 is 5.78. The molecule has 1 aliphatic heterocycles. The van der Waals surface area contributed by atoms with E-state index >= 15 is 0 Å². The van der Waals surface area contributed by atoms with Gasteiger partial charge in [-0.2, -0.15) is 0 Å². The molecule has 3 N–H and O–H groups in total. The first-order valence-electron chi connectivity index (χ1n) is 10.6. The number of carboxylic acid groups (broad SMARTS) is 1. The molecule has 0 spiro atoms. The minimum absolute atomic E-state index is 0.104. The zero-order valence-electron chi connectivity index (χ0n) is 18.1. The van der Waals surface area contributed by atoms with Crippen LogP contribution in [-0.2, 0) is 17.8 Å². The molecule has 1 amide bonds. The quantitative estimate of drug-likeness (QED) is 0.404. The zero-order valence-corrected chi connectivity index (χ0v) is 18.9. The third kappa shape index (κ3) is 5.96. The minimum Gasteiger partial charge on any atom is -0.489 e. The fourth-order valence-electron chi connectivity index (χ4n) is 3.28. The first-order chi connectivity index (χ1) is 16.0. The van der Waals surface area contributed by atoms with Gasteiger partial charge >= 0.3 is 5.97 Å². The molecular formula is C26H24N2O4S. The van der Waals surface area contributed by atoms with Gasteiger partial charge in [0.1, 0.15) is 12.4 Å². The normalized spacial score (nSPS) is 16.5. The molecule has 1 fully saturated rings. The number of benzene rings is 3. The highest BCUT2D eigenvalue weighted by Gasteiger charge is 2.27. The number of carboxylic acids is 1. The molecule has 1 aliphatic rings. The molecule has 168 valence electrons. The van der Waals surface area contributed by atoms with Gasteiger partial charge in [-0.3, -0.25) is 4.79 Å². The topological polar surface area (TPSA) is 87.7 Å². The van der Waals surface area contributed by atoms with E-state index in [0.717, 1.165) is 23.2 Å². The third-order valence-electron chi connectivity index (χ3n) is 5.17. The van der Waals surface area contributed by atoms with Crippen molar-refractivity contribution in [3.8, 4) is 5.75 Å². The largest absolute Gasteiger partial charge is 0.489 e. The number of thioether (sulfide) groups is 1. The van der Waals surface area contributed by atoms with Gasteiger partial charge in [0.25, 0.3) is 5.91 Å². The number of anilines is 1. The molecule has 0 unspecified atom stereocenters. The molecule has 0 aliphatic carbocycles. The molecule has 6 nitrogen and oxygen atoms in total. The summed E-state index contributed by atoms with van der Waals surface area (Å²) >= 11 is 1.45. The number of aryl methyl sites for hydroxylation is 1. The summed E-state index contributed by atoms with van der Waals surface area (Å²) in [5.41, 5.74) is 4.05. The van der Waals surface area contributed by atoms with Crippen LogP contribution in [-0.4, -0.2) is 22.5 Å². The van der Waals surface area contributed by atoms with Crippen LogP contribution in [0.15, 0.2) is 77.7 Å². The van der Waals surface area contributed by atoms with E-state index in [2.05, 4.69) is 29.7 Å². The molecule has 3 aromatic rings. The maximum atomic E-state index is 12.4. The van der Waals surface area contributed by atoms with Crippen LogP contribution in [0.3, 0.4) is 0 Å². The molecule has 1 atom stereocenters. The van der Waals surface area contributed by atoms with Crippen LogP contribution in [0.5, 0.6) is 5.75 Å². The Morgan fingerprint density at radius 3 is 2.33 bits per heavy atom. The number of hydrogen-bond donors (Lipinski definition) is 3. The maximum Gasteiger partial charge on any atom is 0.335 e. The van der Waals surface area contributed by atoms with E-state index in [9.17, 15) is 9.59 Å². The fourth-order valence-corrected chi connectivity index (χ4v) is 4.26. The lowest BCUT2D eigenvalue weighted by Gasteiger charge is -2.12. The van der Waals surface area contributed by atoms with E-state index < -0.39 is 5.97 Å². The highest BCUT2D eigenvalue weighted by atomic mass is 32.2. The number of amides is 1. The average Bonchev–Trinajstić information content (AvgIpc) is 3.17. The summed E-state index contributed by atoms with van der Waals surface area (Å²) in [7, 11) is 0. The smallest absolute Gasteiger partial charge is 0.335 e.